The van der Waals surface area contributed by atoms with E-state index in [1.807, 2.05) is 0 Å². The summed E-state index contributed by atoms with van der Waals surface area (Å²) in [5.41, 5.74) is -3.39. The fraction of sp³-hybridized carbons (Fsp3) is 0.111. The van der Waals surface area contributed by atoms with Gasteiger partial charge in [0.25, 0.3) is 11.8 Å². The number of carbonyl (C=O) groups is 2. The van der Waals surface area contributed by atoms with Gasteiger partial charge in [0.1, 0.15) is 17.5 Å². The molecule has 2 amide bonds. The van der Waals surface area contributed by atoms with Crippen molar-refractivity contribution < 1.29 is 49.1 Å². The molecule has 0 fully saturated rings. The van der Waals surface area contributed by atoms with Crippen LogP contribution in [0.25, 0.3) is 22.3 Å². The second-order valence-electron chi connectivity index (χ2n) is 11.4. The van der Waals surface area contributed by atoms with Crippen LogP contribution in [0, 0.1) is 17.5 Å². The van der Waals surface area contributed by atoms with E-state index in [4.69, 9.17) is 11.6 Å². The van der Waals surface area contributed by atoms with Gasteiger partial charge in [0.15, 0.2) is 11.4 Å². The van der Waals surface area contributed by atoms with Crippen LogP contribution in [0.3, 0.4) is 0 Å². The molecular formula is C36H24ClF9N6O2. The summed E-state index contributed by atoms with van der Waals surface area (Å²) in [5, 5.41) is 11.6. The molecule has 0 atom stereocenters. The first kappa shape index (κ1) is 39.1. The third-order valence-electron chi connectivity index (χ3n) is 7.47. The Morgan fingerprint density at radius 3 is 1.33 bits per heavy atom. The molecule has 0 spiro atoms. The number of halogens is 10. The summed E-state index contributed by atoms with van der Waals surface area (Å²) >= 11 is 5.83. The lowest BCUT2D eigenvalue weighted by Crippen LogP contribution is -2.18. The molecule has 6 aromatic rings. The highest BCUT2D eigenvalue weighted by molar-refractivity contribution is 6.30. The molecule has 6 rings (SSSR count). The maximum atomic E-state index is 14.4. The van der Waals surface area contributed by atoms with Crippen LogP contribution in [-0.4, -0.2) is 31.4 Å². The van der Waals surface area contributed by atoms with Crippen LogP contribution in [0.15, 0.2) is 97.3 Å². The van der Waals surface area contributed by atoms with E-state index in [9.17, 15) is 49.1 Å². The van der Waals surface area contributed by atoms with Gasteiger partial charge in [-0.25, -0.2) is 13.2 Å². The summed E-state index contributed by atoms with van der Waals surface area (Å²) < 4.78 is 122. The van der Waals surface area contributed by atoms with E-state index in [0.29, 0.717) is 10.6 Å². The number of aryl methyl sites for hydroxylation is 2. The number of hydrogen-bond acceptors (Lipinski definition) is 4. The van der Waals surface area contributed by atoms with Gasteiger partial charge in [-0.1, -0.05) is 48.0 Å². The van der Waals surface area contributed by atoms with Crippen molar-refractivity contribution in [2.45, 2.75) is 12.4 Å². The molecule has 0 aliphatic rings. The Morgan fingerprint density at radius 1 is 0.593 bits per heavy atom. The zero-order valence-electron chi connectivity index (χ0n) is 27.6. The summed E-state index contributed by atoms with van der Waals surface area (Å²) in [6.45, 7) is 0. The number of nitrogens with one attached hydrogen (secondary N) is 2. The Morgan fingerprint density at radius 2 is 0.963 bits per heavy atom. The number of amides is 2. The molecule has 0 bridgehead atoms. The van der Waals surface area contributed by atoms with E-state index < -0.39 is 64.1 Å². The first-order valence-electron chi connectivity index (χ1n) is 15.3. The van der Waals surface area contributed by atoms with E-state index in [-0.39, 0.29) is 28.1 Å². The molecular weight excluding hydrogens is 755 g/mol. The monoisotopic (exact) mass is 778 g/mol. The molecule has 0 aliphatic heterocycles. The molecule has 2 heterocycles. The topological polar surface area (TPSA) is 93.8 Å². The quantitative estimate of drug-likeness (QED) is 0.165. The molecule has 2 aromatic heterocycles. The molecule has 2 N–H and O–H groups in total. The third kappa shape index (κ3) is 8.91. The zero-order chi connectivity index (χ0) is 39.5. The average Bonchev–Trinajstić information content (AvgIpc) is 3.70. The number of rotatable bonds is 6. The van der Waals surface area contributed by atoms with Gasteiger partial charge >= 0.3 is 12.4 Å². The Kier molecular flexibility index (Phi) is 11.2. The van der Waals surface area contributed by atoms with Crippen molar-refractivity contribution in [3.63, 3.8) is 0 Å². The van der Waals surface area contributed by atoms with Crippen molar-refractivity contribution in [1.82, 2.24) is 19.6 Å². The predicted molar refractivity (Wildman–Crippen MR) is 181 cm³/mol. The molecule has 54 heavy (non-hydrogen) atoms. The predicted octanol–water partition coefficient (Wildman–Crippen LogP) is 9.79. The average molecular weight is 779 g/mol. The minimum absolute atomic E-state index is 0.0271. The maximum Gasteiger partial charge on any atom is 0.435 e. The normalized spacial score (nSPS) is 11.5. The van der Waals surface area contributed by atoms with Gasteiger partial charge in [-0.05, 0) is 59.7 Å². The molecule has 4 aromatic carbocycles. The molecule has 0 saturated heterocycles. The van der Waals surface area contributed by atoms with Crippen molar-refractivity contribution >= 4 is 34.8 Å². The zero-order valence-corrected chi connectivity index (χ0v) is 28.4. The van der Waals surface area contributed by atoms with Crippen molar-refractivity contribution in [2.75, 3.05) is 10.6 Å². The Hall–Kier alpha value is -6.10. The SMILES string of the molecule is Cn1cc(C(=O)Nc2cccc(F)c2-c2ccc(Cl)cc2)c(C(F)(F)F)n1.Cn1cc(C(=O)Nc2cccc(F)c2-c2ccc(F)cc2)c(C(F)(F)F)n1. The van der Waals surface area contributed by atoms with Crippen LogP contribution >= 0.6 is 11.6 Å². The summed E-state index contributed by atoms with van der Waals surface area (Å²) in [5.74, 6) is -4.04. The summed E-state index contributed by atoms with van der Waals surface area (Å²) in [4.78, 5) is 24.8. The lowest BCUT2D eigenvalue weighted by atomic mass is 10.0. The van der Waals surface area contributed by atoms with Gasteiger partial charge in [-0.3, -0.25) is 19.0 Å². The van der Waals surface area contributed by atoms with Crippen LogP contribution in [-0.2, 0) is 26.4 Å². The van der Waals surface area contributed by atoms with Gasteiger partial charge in [-0.2, -0.15) is 36.5 Å². The molecule has 0 radical (unpaired) electrons. The smallest absolute Gasteiger partial charge is 0.321 e. The Bertz CT molecular complexity index is 2150. The molecule has 8 nitrogen and oxygen atoms in total. The fourth-order valence-electron chi connectivity index (χ4n) is 5.18. The standard InChI is InChI=1S/C18H12ClF4N3O.C18H12F5N3O/c2*1-26-9-12(16(25-26)18(21,22)23)17(27)24-14-4-2-3-13(20)15(14)10-5-7-11(19)8-6-10/h2*2-9H,1H3,(H,24,27). The highest BCUT2D eigenvalue weighted by atomic mass is 35.5. The Labute approximate surface area is 304 Å². The number of aromatic nitrogens is 4. The molecule has 0 unspecified atom stereocenters. The van der Waals surface area contributed by atoms with E-state index in [1.54, 1.807) is 12.1 Å². The minimum Gasteiger partial charge on any atom is -0.321 e. The van der Waals surface area contributed by atoms with Crippen LogP contribution in [0.4, 0.5) is 50.9 Å². The van der Waals surface area contributed by atoms with Crippen molar-refractivity contribution in [2.24, 2.45) is 14.1 Å². The van der Waals surface area contributed by atoms with Gasteiger partial charge in [0.2, 0.25) is 0 Å². The van der Waals surface area contributed by atoms with Crippen LogP contribution < -0.4 is 10.6 Å². The molecule has 280 valence electrons. The van der Waals surface area contributed by atoms with Crippen molar-refractivity contribution in [3.05, 3.63) is 142 Å². The van der Waals surface area contributed by atoms with Crippen molar-refractivity contribution in [3.8, 4) is 22.3 Å². The summed E-state index contributed by atoms with van der Waals surface area (Å²) in [7, 11) is 2.52. The first-order valence-corrected chi connectivity index (χ1v) is 15.6. The summed E-state index contributed by atoms with van der Waals surface area (Å²) in [6.07, 6.45) is -7.74. The number of nitrogens with zero attached hydrogens (tertiary/aromatic N) is 4. The van der Waals surface area contributed by atoms with Crippen LogP contribution in [0.1, 0.15) is 32.1 Å². The minimum atomic E-state index is -4.82. The molecule has 0 saturated carbocycles. The second kappa shape index (κ2) is 15.5. The number of hydrogen-bond donors (Lipinski definition) is 2. The number of alkyl halides is 6. The lowest BCUT2D eigenvalue weighted by molar-refractivity contribution is -0.142. The maximum absolute atomic E-state index is 14.4. The van der Waals surface area contributed by atoms with E-state index in [0.717, 1.165) is 40.0 Å². The molecule has 0 aliphatic carbocycles. The number of benzene rings is 4. The van der Waals surface area contributed by atoms with Gasteiger partial charge < -0.3 is 10.6 Å². The van der Waals surface area contributed by atoms with Crippen LogP contribution in [0.2, 0.25) is 5.02 Å². The number of carbonyl (C=O) groups excluding carboxylic acids is 2. The highest BCUT2D eigenvalue weighted by Gasteiger charge is 2.40. The van der Waals surface area contributed by atoms with Crippen LogP contribution in [0.5, 0.6) is 0 Å². The number of anilines is 2. The third-order valence-corrected chi connectivity index (χ3v) is 7.73. The first-order chi connectivity index (χ1) is 25.3. The van der Waals surface area contributed by atoms with Crippen molar-refractivity contribution in [1.29, 1.82) is 0 Å². The van der Waals surface area contributed by atoms with E-state index >= 15 is 0 Å². The second-order valence-corrected chi connectivity index (χ2v) is 11.8. The largest absolute Gasteiger partial charge is 0.435 e. The van der Waals surface area contributed by atoms with Gasteiger partial charge in [-0.15, -0.1) is 0 Å². The lowest BCUT2D eigenvalue weighted by Gasteiger charge is -2.13. The summed E-state index contributed by atoms with van der Waals surface area (Å²) in [6, 6.07) is 18.7. The van der Waals surface area contributed by atoms with Gasteiger partial charge in [0, 0.05) is 42.6 Å². The van der Waals surface area contributed by atoms with E-state index in [2.05, 4.69) is 20.8 Å². The van der Waals surface area contributed by atoms with E-state index in [1.165, 1.54) is 68.7 Å². The Balaban J connectivity index is 0.000000208. The van der Waals surface area contributed by atoms with Gasteiger partial charge in [0.05, 0.1) is 22.5 Å². The molecule has 18 heteroatoms. The highest BCUT2D eigenvalue weighted by Crippen LogP contribution is 2.36. The fourth-order valence-corrected chi connectivity index (χ4v) is 5.31.